The average Bonchev–Trinajstić information content (AvgIpc) is 3.03. The van der Waals surface area contributed by atoms with Gasteiger partial charge in [0.2, 0.25) is 0 Å². The number of hydrogen-bond acceptors (Lipinski definition) is 10. The maximum absolute atomic E-state index is 12.8. The molecule has 2 saturated heterocycles. The van der Waals surface area contributed by atoms with E-state index in [1.807, 2.05) is 32.0 Å². The number of aldehydes is 1. The van der Waals surface area contributed by atoms with Crippen LogP contribution in [0, 0.1) is 0 Å². The number of pyridine rings is 1. The van der Waals surface area contributed by atoms with Crippen LogP contribution in [0.25, 0.3) is 11.0 Å². The van der Waals surface area contributed by atoms with Crippen molar-refractivity contribution in [2.24, 2.45) is 0 Å². The summed E-state index contributed by atoms with van der Waals surface area (Å²) in [7, 11) is 4.93. The number of nitrogens with one attached hydrogen (secondary N) is 2. The summed E-state index contributed by atoms with van der Waals surface area (Å²) in [6.45, 7) is 5.74. The van der Waals surface area contributed by atoms with Crippen molar-refractivity contribution in [1.29, 1.82) is 0 Å². The van der Waals surface area contributed by atoms with Crippen LogP contribution in [-0.4, -0.2) is 66.4 Å². The first-order chi connectivity index (χ1) is 19.9. The van der Waals surface area contributed by atoms with E-state index in [4.69, 9.17) is 18.9 Å². The van der Waals surface area contributed by atoms with Crippen LogP contribution in [0.4, 0.5) is 5.82 Å². The quantitative estimate of drug-likeness (QED) is 0.313. The number of fused-ring (bicyclic) bond motifs is 4. The summed E-state index contributed by atoms with van der Waals surface area (Å²) in [4.78, 5) is 32.4. The lowest BCUT2D eigenvalue weighted by atomic mass is 9.70. The van der Waals surface area contributed by atoms with Gasteiger partial charge < -0.3 is 34.1 Å². The van der Waals surface area contributed by atoms with Gasteiger partial charge in [0.05, 0.1) is 49.4 Å². The van der Waals surface area contributed by atoms with E-state index in [1.54, 1.807) is 31.9 Å². The summed E-state index contributed by atoms with van der Waals surface area (Å²) >= 11 is 0. The van der Waals surface area contributed by atoms with Crippen LogP contribution in [0.5, 0.6) is 17.2 Å². The van der Waals surface area contributed by atoms with Crippen LogP contribution < -0.4 is 30.4 Å². The van der Waals surface area contributed by atoms with Crippen LogP contribution >= 0.6 is 0 Å². The Labute approximate surface area is 240 Å². The number of rotatable bonds is 12. The monoisotopic (exact) mass is 567 g/mol. The molecular formula is C30H41N5O6. The number of aryl methyl sites for hydroxylation is 1. The van der Waals surface area contributed by atoms with Crippen molar-refractivity contribution < 1.29 is 23.7 Å². The Hall–Kier alpha value is -3.70. The SMILES string of the molecule is CC.CNc1nc(CNC23CCC(CCn4c(=O)cnc5cc(OC)c(OC)cc54)(CC2)OC3)ccc1OCC=O. The zero-order valence-corrected chi connectivity index (χ0v) is 24.6. The largest absolute Gasteiger partial charge is 0.493 e. The van der Waals surface area contributed by atoms with Crippen LogP contribution in [0.3, 0.4) is 0 Å². The van der Waals surface area contributed by atoms with E-state index in [9.17, 15) is 9.59 Å². The minimum atomic E-state index is -0.246. The number of carbonyl (C=O) groups excluding carboxylic acids is 1. The summed E-state index contributed by atoms with van der Waals surface area (Å²) in [6, 6.07) is 7.34. The lowest BCUT2D eigenvalue weighted by Crippen LogP contribution is -2.61. The fraction of sp³-hybridized carbons (Fsp3) is 0.533. The van der Waals surface area contributed by atoms with Gasteiger partial charge in [0, 0.05) is 37.8 Å². The molecule has 2 N–H and O–H groups in total. The molecule has 2 aliphatic heterocycles. The number of aromatic nitrogens is 3. The number of anilines is 1. The van der Waals surface area contributed by atoms with Gasteiger partial charge in [-0.05, 0) is 44.2 Å². The van der Waals surface area contributed by atoms with E-state index >= 15 is 0 Å². The van der Waals surface area contributed by atoms with E-state index in [-0.39, 0.29) is 23.3 Å². The van der Waals surface area contributed by atoms with Crippen molar-refractivity contribution in [3.05, 3.63) is 46.5 Å². The summed E-state index contributed by atoms with van der Waals surface area (Å²) in [5.74, 6) is 2.29. The molecule has 2 bridgehead atoms. The van der Waals surface area contributed by atoms with Crippen molar-refractivity contribution in [2.75, 3.05) is 39.8 Å². The van der Waals surface area contributed by atoms with Crippen molar-refractivity contribution in [3.8, 4) is 17.2 Å². The van der Waals surface area contributed by atoms with Crippen molar-refractivity contribution in [3.63, 3.8) is 0 Å². The average molecular weight is 568 g/mol. The van der Waals surface area contributed by atoms with Crippen molar-refractivity contribution in [2.45, 2.75) is 70.2 Å². The highest BCUT2D eigenvalue weighted by atomic mass is 16.5. The van der Waals surface area contributed by atoms with Gasteiger partial charge >= 0.3 is 0 Å². The first kappa shape index (κ1) is 30.3. The van der Waals surface area contributed by atoms with E-state index in [1.165, 1.54) is 6.20 Å². The zero-order valence-electron chi connectivity index (χ0n) is 24.6. The number of benzene rings is 1. The smallest absolute Gasteiger partial charge is 0.269 e. The van der Waals surface area contributed by atoms with E-state index in [2.05, 4.69) is 20.6 Å². The lowest BCUT2D eigenvalue weighted by molar-refractivity contribution is -0.167. The Kier molecular flexibility index (Phi) is 9.82. The predicted molar refractivity (Wildman–Crippen MR) is 157 cm³/mol. The van der Waals surface area contributed by atoms with Crippen LogP contribution in [0.15, 0.2) is 35.3 Å². The molecule has 222 valence electrons. The fourth-order valence-corrected chi connectivity index (χ4v) is 5.63. The molecule has 0 atom stereocenters. The molecule has 2 aromatic heterocycles. The third-order valence-corrected chi connectivity index (χ3v) is 8.02. The van der Waals surface area contributed by atoms with E-state index in [0.717, 1.165) is 43.3 Å². The minimum Gasteiger partial charge on any atom is -0.493 e. The number of carbonyl (C=O) groups is 1. The lowest BCUT2D eigenvalue weighted by Gasteiger charge is -2.53. The second-order valence-corrected chi connectivity index (χ2v) is 10.2. The molecule has 0 radical (unpaired) electrons. The van der Waals surface area contributed by atoms with Gasteiger partial charge in [-0.25, -0.2) is 9.97 Å². The van der Waals surface area contributed by atoms with Gasteiger partial charge in [-0.2, -0.15) is 0 Å². The Bertz CT molecular complexity index is 1380. The summed E-state index contributed by atoms with van der Waals surface area (Å²) in [6.07, 6.45) is 6.63. The molecule has 0 unspecified atom stereocenters. The van der Waals surface area contributed by atoms with E-state index < -0.39 is 0 Å². The molecule has 0 spiro atoms. The molecule has 1 aliphatic carbocycles. The normalized spacial score (nSPS) is 21.1. The van der Waals surface area contributed by atoms with Gasteiger partial charge in [0.25, 0.3) is 5.56 Å². The van der Waals surface area contributed by atoms with Gasteiger partial charge in [-0.1, -0.05) is 13.8 Å². The van der Waals surface area contributed by atoms with Gasteiger partial charge in [0.1, 0.15) is 6.61 Å². The third kappa shape index (κ3) is 6.46. The summed E-state index contributed by atoms with van der Waals surface area (Å²) in [5, 5.41) is 6.73. The first-order valence-electron chi connectivity index (χ1n) is 14.2. The molecule has 3 aliphatic rings. The summed E-state index contributed by atoms with van der Waals surface area (Å²) in [5.41, 5.74) is 1.79. The highest BCUT2D eigenvalue weighted by Crippen LogP contribution is 2.46. The number of ether oxygens (including phenoxy) is 4. The van der Waals surface area contributed by atoms with Crippen LogP contribution in [-0.2, 0) is 22.6 Å². The molecular weight excluding hydrogens is 526 g/mol. The Morgan fingerprint density at radius 3 is 2.44 bits per heavy atom. The molecule has 41 heavy (non-hydrogen) atoms. The van der Waals surface area contributed by atoms with Crippen molar-refractivity contribution in [1.82, 2.24) is 19.9 Å². The molecule has 1 saturated carbocycles. The molecule has 6 rings (SSSR count). The maximum atomic E-state index is 12.8. The number of nitrogens with zero attached hydrogens (tertiary/aromatic N) is 3. The first-order valence-corrected chi connectivity index (χ1v) is 14.2. The number of hydrogen-bond donors (Lipinski definition) is 2. The Balaban J connectivity index is 0.00000189. The topological polar surface area (TPSA) is 126 Å². The highest BCUT2D eigenvalue weighted by molar-refractivity contribution is 5.79. The van der Waals surface area contributed by atoms with Gasteiger partial charge in [-0.15, -0.1) is 0 Å². The van der Waals surface area contributed by atoms with E-state index in [0.29, 0.717) is 54.6 Å². The van der Waals surface area contributed by atoms with Crippen molar-refractivity contribution >= 4 is 23.1 Å². The van der Waals surface area contributed by atoms with Crippen LogP contribution in [0.2, 0.25) is 0 Å². The molecule has 1 aromatic carbocycles. The molecule has 3 aromatic rings. The van der Waals surface area contributed by atoms with Crippen LogP contribution in [0.1, 0.15) is 51.6 Å². The maximum Gasteiger partial charge on any atom is 0.269 e. The number of methoxy groups -OCH3 is 2. The molecule has 0 amide bonds. The minimum absolute atomic E-state index is 0.00881. The molecule has 11 heteroatoms. The predicted octanol–water partition coefficient (Wildman–Crippen LogP) is 3.72. The standard InChI is InChI=1S/C28H35N5O6.C2H6/c1-29-26-22(38-13-12-34)5-4-19(32-26)16-31-27-6-8-28(9-7-27,39-18-27)10-11-33-21-15-24(37-3)23(36-2)14-20(21)30-17-25(33)35;1-2/h4-5,12,14-15,17,31H,6-11,13,16,18H2,1-3H3,(H,29,32);1-2H3. The molecule has 4 heterocycles. The third-order valence-electron chi connectivity index (χ3n) is 8.02. The molecule has 11 nitrogen and oxygen atoms in total. The second-order valence-electron chi connectivity index (χ2n) is 10.2. The Morgan fingerprint density at radius 1 is 1.07 bits per heavy atom. The van der Waals surface area contributed by atoms with Gasteiger partial charge in [0.15, 0.2) is 29.4 Å². The fourth-order valence-electron chi connectivity index (χ4n) is 5.63. The Morgan fingerprint density at radius 2 is 1.80 bits per heavy atom. The summed E-state index contributed by atoms with van der Waals surface area (Å²) < 4.78 is 24.5. The zero-order chi connectivity index (χ0) is 29.5. The molecule has 3 fully saturated rings. The van der Waals surface area contributed by atoms with Gasteiger partial charge in [-0.3, -0.25) is 9.59 Å². The second kappa shape index (κ2) is 13.3. The highest BCUT2D eigenvalue weighted by Gasteiger charge is 2.49.